The van der Waals surface area contributed by atoms with E-state index < -0.39 is 36.1 Å². The topological polar surface area (TPSA) is 85.2 Å². The zero-order chi connectivity index (χ0) is 30.3. The average Bonchev–Trinajstić information content (AvgIpc) is 2.98. The van der Waals surface area contributed by atoms with Crippen molar-refractivity contribution in [1.82, 2.24) is 15.5 Å². The zero-order valence-electron chi connectivity index (χ0n) is 23.1. The van der Waals surface area contributed by atoms with E-state index in [1.54, 1.807) is 42.5 Å². The third-order valence-electron chi connectivity index (χ3n) is 7.60. The molecule has 0 spiro atoms. The van der Waals surface area contributed by atoms with Crippen LogP contribution >= 0.6 is 11.6 Å². The van der Waals surface area contributed by atoms with Crippen molar-refractivity contribution in [2.45, 2.75) is 49.9 Å². The standard InChI is InChI=1S/C32H32ClF3N4O2/c1-22(23-9-3-2-4-10-23)19-28(30(42)39-31(20-37)15-17-40(18-16-31)21-32(34,35)36)38-29(41)26-13-6-5-11-24(26)25-12-7-8-14-27(25)33/h2-14,22,28H,15-19,21H2,1H3,(H,38,41)(H,39,42)/t22-,28-/m0/s1. The van der Waals surface area contributed by atoms with E-state index in [1.807, 2.05) is 43.3 Å². The van der Waals surface area contributed by atoms with Gasteiger partial charge in [0.1, 0.15) is 11.6 Å². The average molecular weight is 597 g/mol. The number of nitrogens with one attached hydrogen (secondary N) is 2. The predicted octanol–water partition coefficient (Wildman–Crippen LogP) is 6.34. The lowest BCUT2D eigenvalue weighted by molar-refractivity contribution is -0.149. The summed E-state index contributed by atoms with van der Waals surface area (Å²) in [5, 5.41) is 16.1. The second-order valence-electron chi connectivity index (χ2n) is 10.7. The molecule has 220 valence electrons. The predicted molar refractivity (Wildman–Crippen MR) is 156 cm³/mol. The van der Waals surface area contributed by atoms with Crippen molar-refractivity contribution < 1.29 is 22.8 Å². The minimum Gasteiger partial charge on any atom is -0.340 e. The monoisotopic (exact) mass is 596 g/mol. The van der Waals surface area contributed by atoms with Gasteiger partial charge in [-0.05, 0) is 48.4 Å². The maximum atomic E-state index is 13.7. The molecule has 0 saturated carbocycles. The van der Waals surface area contributed by atoms with Crippen LogP contribution in [0.1, 0.15) is 48.0 Å². The SMILES string of the molecule is C[C@@H](C[C@H](NC(=O)c1ccccc1-c1ccccc1Cl)C(=O)NC1(C#N)CCN(CC(F)(F)F)CC1)c1ccccc1. The molecule has 1 fully saturated rings. The van der Waals surface area contributed by atoms with E-state index in [2.05, 4.69) is 16.7 Å². The number of likely N-dealkylation sites (tertiary alicyclic amines) is 1. The molecule has 1 aliphatic rings. The van der Waals surface area contributed by atoms with Crippen molar-refractivity contribution in [3.05, 3.63) is 95.0 Å². The van der Waals surface area contributed by atoms with Gasteiger partial charge in [0.2, 0.25) is 5.91 Å². The molecule has 0 radical (unpaired) electrons. The molecule has 42 heavy (non-hydrogen) atoms. The molecule has 1 heterocycles. The number of nitrogens with zero attached hydrogens (tertiary/aromatic N) is 2. The second kappa shape index (κ2) is 13.4. The lowest BCUT2D eigenvalue weighted by Crippen LogP contribution is -2.59. The number of piperidine rings is 1. The molecule has 3 aromatic rings. The van der Waals surface area contributed by atoms with Gasteiger partial charge in [-0.15, -0.1) is 0 Å². The van der Waals surface area contributed by atoms with E-state index in [-0.39, 0.29) is 38.3 Å². The van der Waals surface area contributed by atoms with E-state index in [0.29, 0.717) is 21.7 Å². The number of alkyl halides is 3. The molecule has 2 N–H and O–H groups in total. The van der Waals surface area contributed by atoms with Crippen molar-refractivity contribution in [2.24, 2.45) is 0 Å². The molecule has 6 nitrogen and oxygen atoms in total. The Labute approximate surface area is 248 Å². The van der Waals surface area contributed by atoms with Gasteiger partial charge in [-0.1, -0.05) is 85.3 Å². The normalized spacial score (nSPS) is 16.6. The summed E-state index contributed by atoms with van der Waals surface area (Å²) in [6, 6.07) is 24.7. The second-order valence-corrected chi connectivity index (χ2v) is 11.1. The molecule has 0 aromatic heterocycles. The van der Waals surface area contributed by atoms with E-state index in [4.69, 9.17) is 11.6 Å². The van der Waals surface area contributed by atoms with Gasteiger partial charge >= 0.3 is 6.18 Å². The number of nitriles is 1. The van der Waals surface area contributed by atoms with Crippen LogP contribution in [0.3, 0.4) is 0 Å². The first-order valence-corrected chi connectivity index (χ1v) is 14.1. The van der Waals surface area contributed by atoms with Crippen LogP contribution < -0.4 is 10.6 Å². The summed E-state index contributed by atoms with van der Waals surface area (Å²) >= 11 is 6.42. The summed E-state index contributed by atoms with van der Waals surface area (Å²) in [6.07, 6.45) is -4.04. The Morgan fingerprint density at radius 1 is 0.976 bits per heavy atom. The number of halogens is 4. The number of hydrogen-bond acceptors (Lipinski definition) is 4. The van der Waals surface area contributed by atoms with Crippen LogP contribution in [0.4, 0.5) is 13.2 Å². The molecular weight excluding hydrogens is 565 g/mol. The van der Waals surface area contributed by atoms with Gasteiger partial charge in [0.25, 0.3) is 5.91 Å². The van der Waals surface area contributed by atoms with Gasteiger partial charge in [0.05, 0.1) is 12.6 Å². The molecule has 1 aliphatic heterocycles. The minimum atomic E-state index is -4.35. The highest BCUT2D eigenvalue weighted by molar-refractivity contribution is 6.33. The van der Waals surface area contributed by atoms with Crippen LogP contribution in [0.5, 0.6) is 0 Å². The van der Waals surface area contributed by atoms with Gasteiger partial charge in [0.15, 0.2) is 0 Å². The molecule has 0 unspecified atom stereocenters. The van der Waals surface area contributed by atoms with Crippen LogP contribution in [0.25, 0.3) is 11.1 Å². The maximum absolute atomic E-state index is 13.7. The van der Waals surface area contributed by atoms with Gasteiger partial charge in [-0.2, -0.15) is 18.4 Å². The molecule has 1 saturated heterocycles. The van der Waals surface area contributed by atoms with Crippen molar-refractivity contribution in [1.29, 1.82) is 5.26 Å². The summed E-state index contributed by atoms with van der Waals surface area (Å²) in [5.74, 6) is -1.18. The van der Waals surface area contributed by atoms with E-state index in [9.17, 15) is 28.0 Å². The van der Waals surface area contributed by atoms with Gasteiger partial charge in [0, 0.05) is 29.2 Å². The summed E-state index contributed by atoms with van der Waals surface area (Å²) < 4.78 is 38.7. The van der Waals surface area contributed by atoms with E-state index >= 15 is 0 Å². The summed E-state index contributed by atoms with van der Waals surface area (Å²) in [4.78, 5) is 28.7. The highest BCUT2D eigenvalue weighted by Crippen LogP contribution is 2.31. The lowest BCUT2D eigenvalue weighted by Gasteiger charge is -2.38. The molecular formula is C32H32ClF3N4O2. The summed E-state index contributed by atoms with van der Waals surface area (Å²) in [7, 11) is 0. The van der Waals surface area contributed by atoms with Crippen LogP contribution in [-0.2, 0) is 4.79 Å². The first-order chi connectivity index (χ1) is 20.0. The van der Waals surface area contributed by atoms with Crippen LogP contribution in [0.15, 0.2) is 78.9 Å². The van der Waals surface area contributed by atoms with Crippen LogP contribution in [0.2, 0.25) is 5.02 Å². The van der Waals surface area contributed by atoms with Gasteiger partial charge < -0.3 is 10.6 Å². The Morgan fingerprint density at radius 2 is 1.57 bits per heavy atom. The highest BCUT2D eigenvalue weighted by atomic mass is 35.5. The third kappa shape index (κ3) is 7.90. The smallest absolute Gasteiger partial charge is 0.340 e. The number of hydrogen-bond donors (Lipinski definition) is 2. The Balaban J connectivity index is 1.57. The van der Waals surface area contributed by atoms with Crippen molar-refractivity contribution in [3.63, 3.8) is 0 Å². The van der Waals surface area contributed by atoms with Gasteiger partial charge in [-0.25, -0.2) is 0 Å². The molecule has 0 bridgehead atoms. The molecule has 3 aromatic carbocycles. The molecule has 2 atom stereocenters. The van der Waals surface area contributed by atoms with Gasteiger partial charge in [-0.3, -0.25) is 14.5 Å². The quantitative estimate of drug-likeness (QED) is 0.302. The summed E-state index contributed by atoms with van der Waals surface area (Å²) in [5.41, 5.74) is 1.22. The maximum Gasteiger partial charge on any atom is 0.401 e. The molecule has 2 amide bonds. The highest BCUT2D eigenvalue weighted by Gasteiger charge is 2.41. The Morgan fingerprint density at radius 3 is 2.19 bits per heavy atom. The largest absolute Gasteiger partial charge is 0.401 e. The molecule has 4 rings (SSSR count). The fourth-order valence-corrected chi connectivity index (χ4v) is 5.51. The van der Waals surface area contributed by atoms with E-state index in [0.717, 1.165) is 5.56 Å². The molecule has 0 aliphatic carbocycles. The van der Waals surface area contributed by atoms with Crippen LogP contribution in [0, 0.1) is 11.3 Å². The molecule has 10 heteroatoms. The Hall–Kier alpha value is -3.87. The number of benzene rings is 3. The first-order valence-electron chi connectivity index (χ1n) is 13.7. The van der Waals surface area contributed by atoms with Crippen molar-refractivity contribution in [3.8, 4) is 17.2 Å². The number of rotatable bonds is 9. The number of amides is 2. The van der Waals surface area contributed by atoms with Crippen molar-refractivity contribution in [2.75, 3.05) is 19.6 Å². The lowest BCUT2D eigenvalue weighted by atomic mass is 9.87. The zero-order valence-corrected chi connectivity index (χ0v) is 23.9. The fourth-order valence-electron chi connectivity index (χ4n) is 5.27. The Kier molecular flexibility index (Phi) is 9.92. The van der Waals surface area contributed by atoms with Crippen molar-refractivity contribution >= 4 is 23.4 Å². The fraction of sp³-hybridized carbons (Fsp3) is 0.344. The third-order valence-corrected chi connectivity index (χ3v) is 7.93. The first kappa shape index (κ1) is 31.1. The number of carbonyl (C=O) groups excluding carboxylic acids is 2. The van der Waals surface area contributed by atoms with Crippen LogP contribution in [-0.4, -0.2) is 54.1 Å². The minimum absolute atomic E-state index is 0.00992. The number of carbonyl (C=O) groups is 2. The summed E-state index contributed by atoms with van der Waals surface area (Å²) in [6.45, 7) is 0.891. The Bertz CT molecular complexity index is 1430. The van der Waals surface area contributed by atoms with E-state index in [1.165, 1.54) is 4.90 Å².